The average Bonchev–Trinajstić information content (AvgIpc) is 2.82. The zero-order valence-electron chi connectivity index (χ0n) is 20.4. The van der Waals surface area contributed by atoms with Gasteiger partial charge in [0.15, 0.2) is 9.76 Å². The minimum Gasteiger partial charge on any atom is -0.422 e. The molecule has 0 aliphatic carbocycles. The van der Waals surface area contributed by atoms with Crippen LogP contribution in [-0.4, -0.2) is 69.8 Å². The average molecular weight is 500 g/mol. The lowest BCUT2D eigenvalue weighted by atomic mass is 10.0. The first-order chi connectivity index (χ1) is 16.6. The summed E-state index contributed by atoms with van der Waals surface area (Å²) in [6.07, 6.45) is 0. The van der Waals surface area contributed by atoms with Crippen molar-refractivity contribution in [2.75, 3.05) is 39.3 Å². The van der Waals surface area contributed by atoms with E-state index in [4.69, 9.17) is 4.43 Å². The highest BCUT2D eigenvalue weighted by Crippen LogP contribution is 2.24. The molecule has 0 atom stereocenters. The van der Waals surface area contributed by atoms with E-state index in [0.717, 1.165) is 38.4 Å². The van der Waals surface area contributed by atoms with Crippen LogP contribution in [0.3, 0.4) is 0 Å². The molecule has 1 aliphatic rings. The highest BCUT2D eigenvalue weighted by molar-refractivity contribution is 6.31. The Kier molecular flexibility index (Phi) is 7.49. The van der Waals surface area contributed by atoms with Gasteiger partial charge in [0.25, 0.3) is 11.5 Å². The van der Waals surface area contributed by atoms with E-state index < -0.39 is 27.0 Å². The number of piperazine rings is 1. The van der Waals surface area contributed by atoms with Crippen LogP contribution in [0.4, 0.5) is 8.78 Å². The fraction of sp³-hybridized carbons (Fsp3) is 0.385. The monoisotopic (exact) mass is 499 g/mol. The fourth-order valence-corrected chi connectivity index (χ4v) is 5.05. The second-order valence-corrected chi connectivity index (χ2v) is 13.0. The van der Waals surface area contributed by atoms with Gasteiger partial charge < -0.3 is 14.3 Å². The van der Waals surface area contributed by atoms with Crippen LogP contribution in [0.25, 0.3) is 22.0 Å². The molecule has 35 heavy (non-hydrogen) atoms. The number of aromatic nitrogens is 1. The molecule has 1 fully saturated rings. The third kappa shape index (κ3) is 6.22. The van der Waals surface area contributed by atoms with Crippen molar-refractivity contribution in [3.63, 3.8) is 0 Å². The molecule has 9 heteroatoms. The Morgan fingerprint density at radius 2 is 1.71 bits per heavy atom. The van der Waals surface area contributed by atoms with Gasteiger partial charge in [-0.1, -0.05) is 32.9 Å². The number of nitrogens with one attached hydrogen (secondary N) is 1. The predicted molar refractivity (Wildman–Crippen MR) is 136 cm³/mol. The number of hydrogen-bond donors (Lipinski definition) is 1. The molecule has 1 N–H and O–H groups in total. The minimum atomic E-state index is -0.799. The SMILES string of the molecule is CC(C)(C)[SiH2]OCCN1CCN(C(=O)c2ccc(-c3cc4c(F)cc(F)cc4c(=O)[nH]3)cc2)CC1. The number of H-pyrrole nitrogens is 1. The molecule has 1 saturated heterocycles. The molecular formula is C26H31F2N3O3Si. The predicted octanol–water partition coefficient (Wildman–Crippen LogP) is 3.55. The second-order valence-electron chi connectivity index (χ2n) is 10.2. The maximum absolute atomic E-state index is 14.2. The van der Waals surface area contributed by atoms with Gasteiger partial charge in [-0.25, -0.2) is 8.78 Å². The summed E-state index contributed by atoms with van der Waals surface area (Å²) in [5.41, 5.74) is 1.02. The van der Waals surface area contributed by atoms with Gasteiger partial charge in [-0.05, 0) is 34.9 Å². The third-order valence-corrected chi connectivity index (χ3v) is 7.42. The maximum atomic E-state index is 14.2. The number of aromatic amines is 1. The van der Waals surface area contributed by atoms with Crippen molar-refractivity contribution in [1.29, 1.82) is 0 Å². The van der Waals surface area contributed by atoms with E-state index in [1.807, 2.05) is 4.90 Å². The summed E-state index contributed by atoms with van der Waals surface area (Å²) < 4.78 is 33.6. The molecule has 186 valence electrons. The van der Waals surface area contributed by atoms with Crippen molar-refractivity contribution in [1.82, 2.24) is 14.8 Å². The van der Waals surface area contributed by atoms with Gasteiger partial charge in [0, 0.05) is 62.0 Å². The summed E-state index contributed by atoms with van der Waals surface area (Å²) >= 11 is 0. The van der Waals surface area contributed by atoms with E-state index in [2.05, 4.69) is 30.7 Å². The zero-order valence-corrected chi connectivity index (χ0v) is 21.8. The summed E-state index contributed by atoms with van der Waals surface area (Å²) in [5.74, 6) is -1.63. The smallest absolute Gasteiger partial charge is 0.256 e. The number of pyridine rings is 1. The van der Waals surface area contributed by atoms with Gasteiger partial charge >= 0.3 is 0 Å². The Morgan fingerprint density at radius 1 is 1.03 bits per heavy atom. The first-order valence-electron chi connectivity index (χ1n) is 11.8. The molecule has 3 aromatic rings. The van der Waals surface area contributed by atoms with Gasteiger partial charge in [0.1, 0.15) is 11.6 Å². The lowest BCUT2D eigenvalue weighted by Gasteiger charge is -2.35. The van der Waals surface area contributed by atoms with E-state index >= 15 is 0 Å². The van der Waals surface area contributed by atoms with Crippen LogP contribution >= 0.6 is 0 Å². The van der Waals surface area contributed by atoms with Crippen molar-refractivity contribution in [3.8, 4) is 11.3 Å². The molecule has 0 unspecified atom stereocenters. The molecule has 1 aromatic heterocycles. The third-order valence-electron chi connectivity index (χ3n) is 6.07. The quantitative estimate of drug-likeness (QED) is 0.416. The highest BCUT2D eigenvalue weighted by atomic mass is 28.2. The van der Waals surface area contributed by atoms with Gasteiger partial charge in [0.05, 0.1) is 5.39 Å². The molecule has 4 rings (SSSR count). The molecular weight excluding hydrogens is 468 g/mol. The number of halogens is 2. The molecule has 1 amide bonds. The van der Waals surface area contributed by atoms with Crippen molar-refractivity contribution >= 4 is 26.4 Å². The van der Waals surface area contributed by atoms with E-state index in [0.29, 0.717) is 34.9 Å². The first kappa shape index (κ1) is 25.2. The van der Waals surface area contributed by atoms with Crippen LogP contribution in [0.2, 0.25) is 5.04 Å². The fourth-order valence-electron chi connectivity index (χ4n) is 4.17. The van der Waals surface area contributed by atoms with E-state index in [1.54, 1.807) is 24.3 Å². The molecule has 0 spiro atoms. The Hall–Kier alpha value is -2.88. The van der Waals surface area contributed by atoms with E-state index in [1.165, 1.54) is 6.07 Å². The Bertz CT molecular complexity index is 1260. The molecule has 0 radical (unpaired) electrons. The molecule has 6 nitrogen and oxygen atoms in total. The van der Waals surface area contributed by atoms with Crippen molar-refractivity contribution in [2.24, 2.45) is 0 Å². The summed E-state index contributed by atoms with van der Waals surface area (Å²) in [7, 11) is -0.539. The van der Waals surface area contributed by atoms with Gasteiger partial charge in [-0.15, -0.1) is 0 Å². The van der Waals surface area contributed by atoms with Gasteiger partial charge in [-0.2, -0.15) is 0 Å². The van der Waals surface area contributed by atoms with Crippen LogP contribution in [0, 0.1) is 11.6 Å². The Balaban J connectivity index is 1.37. The van der Waals surface area contributed by atoms with Crippen molar-refractivity contribution in [2.45, 2.75) is 25.8 Å². The first-order valence-corrected chi connectivity index (χ1v) is 13.1. The van der Waals surface area contributed by atoms with Crippen LogP contribution in [0.5, 0.6) is 0 Å². The van der Waals surface area contributed by atoms with E-state index in [9.17, 15) is 18.4 Å². The Labute approximate surface area is 205 Å². The summed E-state index contributed by atoms with van der Waals surface area (Å²) in [4.78, 5) is 32.2. The molecule has 2 heterocycles. The lowest BCUT2D eigenvalue weighted by molar-refractivity contribution is 0.0620. The number of carbonyl (C=O) groups is 1. The number of rotatable bonds is 6. The highest BCUT2D eigenvalue weighted by Gasteiger charge is 2.22. The van der Waals surface area contributed by atoms with Crippen LogP contribution in [0.1, 0.15) is 31.1 Å². The van der Waals surface area contributed by atoms with Crippen LogP contribution in [0.15, 0.2) is 47.3 Å². The number of hydrogen-bond acceptors (Lipinski definition) is 4. The molecule has 1 aliphatic heterocycles. The number of nitrogens with zero attached hydrogens (tertiary/aromatic N) is 2. The number of carbonyl (C=O) groups excluding carboxylic acids is 1. The molecule has 0 bridgehead atoms. The van der Waals surface area contributed by atoms with Crippen LogP contribution < -0.4 is 5.56 Å². The lowest BCUT2D eigenvalue weighted by Crippen LogP contribution is -2.49. The van der Waals surface area contributed by atoms with Crippen molar-refractivity contribution < 1.29 is 18.0 Å². The molecule has 0 saturated carbocycles. The largest absolute Gasteiger partial charge is 0.422 e. The van der Waals surface area contributed by atoms with Gasteiger partial charge in [0.2, 0.25) is 0 Å². The molecule has 2 aromatic carbocycles. The normalized spacial score (nSPS) is 15.4. The summed E-state index contributed by atoms with van der Waals surface area (Å²) in [5, 5.41) is 0.300. The second kappa shape index (κ2) is 10.4. The topological polar surface area (TPSA) is 65.6 Å². The summed E-state index contributed by atoms with van der Waals surface area (Å²) in [6.45, 7) is 11.2. The number of amides is 1. The standard InChI is InChI=1S/C26H31F2N3O3Si/c1-26(2,3)35-34-13-12-30-8-10-31(11-9-30)25(33)18-6-4-17(5-7-18)23-16-20-21(24(32)29-23)14-19(27)15-22(20)28/h4-7,14-16H,8-13,35H2,1-3H3,(H,29,32). The van der Waals surface area contributed by atoms with Crippen LogP contribution in [-0.2, 0) is 4.43 Å². The van der Waals surface area contributed by atoms with Crippen molar-refractivity contribution in [3.05, 3.63) is 70.0 Å². The summed E-state index contributed by atoms with van der Waals surface area (Å²) in [6, 6.07) is 10.1. The van der Waals surface area contributed by atoms with E-state index in [-0.39, 0.29) is 16.7 Å². The number of fused-ring (bicyclic) bond motifs is 1. The Morgan fingerprint density at radius 3 is 2.37 bits per heavy atom. The zero-order chi connectivity index (χ0) is 25.2. The van der Waals surface area contributed by atoms with Gasteiger partial charge in [-0.3, -0.25) is 14.5 Å². The maximum Gasteiger partial charge on any atom is 0.256 e. The number of benzene rings is 2. The minimum absolute atomic E-state index is 0.0406.